The van der Waals surface area contributed by atoms with E-state index >= 15 is 0 Å². The lowest BCUT2D eigenvalue weighted by Crippen LogP contribution is -2.03. The van der Waals surface area contributed by atoms with Gasteiger partial charge in [-0.3, -0.25) is 4.79 Å². The Kier molecular flexibility index (Phi) is 8.89. The normalized spacial score (nSPS) is 11.0. The van der Waals surface area contributed by atoms with E-state index in [9.17, 15) is 9.59 Å². The van der Waals surface area contributed by atoms with Gasteiger partial charge in [-0.25, -0.2) is 0 Å². The molecule has 0 heterocycles. The zero-order valence-electron chi connectivity index (χ0n) is 11.9. The number of esters is 1. The van der Waals surface area contributed by atoms with Crippen LogP contribution in [0.25, 0.3) is 0 Å². The summed E-state index contributed by atoms with van der Waals surface area (Å²) in [4.78, 5) is 21.7. The van der Waals surface area contributed by atoms with Crippen molar-refractivity contribution in [1.82, 2.24) is 0 Å². The lowest BCUT2D eigenvalue weighted by molar-refractivity contribution is -0.140. The van der Waals surface area contributed by atoms with Gasteiger partial charge in [-0.15, -0.1) is 0 Å². The van der Waals surface area contributed by atoms with Crippen LogP contribution in [0.2, 0.25) is 0 Å². The molecule has 3 heteroatoms. The Bertz CT molecular complexity index is 334. The minimum absolute atomic E-state index is 0.183. The first-order valence-corrected chi connectivity index (χ1v) is 6.36. The van der Waals surface area contributed by atoms with Crippen molar-refractivity contribution in [1.29, 1.82) is 0 Å². The summed E-state index contributed by atoms with van der Waals surface area (Å²) >= 11 is 0. The predicted octanol–water partition coefficient (Wildman–Crippen LogP) is 3.59. The van der Waals surface area contributed by atoms with E-state index in [0.717, 1.165) is 24.8 Å². The number of rotatable bonds is 8. The van der Waals surface area contributed by atoms with Crippen molar-refractivity contribution < 1.29 is 14.3 Å². The van der Waals surface area contributed by atoms with Crippen molar-refractivity contribution in [3.8, 4) is 0 Å². The molecule has 0 rings (SSSR count). The molecule has 0 bridgehead atoms. The van der Waals surface area contributed by atoms with E-state index in [1.54, 1.807) is 6.92 Å². The number of ether oxygens (including phenoxy) is 1. The molecule has 0 atom stereocenters. The minimum atomic E-state index is -0.269. The van der Waals surface area contributed by atoms with Crippen molar-refractivity contribution in [3.63, 3.8) is 0 Å². The maximum Gasteiger partial charge on any atom is 0.302 e. The highest BCUT2D eigenvalue weighted by molar-refractivity contribution is 5.75. The van der Waals surface area contributed by atoms with Crippen molar-refractivity contribution >= 4 is 11.8 Å². The Balaban J connectivity index is 4.26. The molecule has 0 N–H and O–H groups in total. The van der Waals surface area contributed by atoms with Crippen LogP contribution in [0.4, 0.5) is 0 Å². The molecular weight excluding hydrogens is 228 g/mol. The van der Waals surface area contributed by atoms with Gasteiger partial charge in [0, 0.05) is 13.3 Å². The van der Waals surface area contributed by atoms with Gasteiger partial charge in [-0.1, -0.05) is 17.7 Å². The number of ketones is 1. The quantitative estimate of drug-likeness (QED) is 0.490. The molecule has 0 saturated heterocycles. The van der Waals surface area contributed by atoms with Gasteiger partial charge in [0.1, 0.15) is 12.4 Å². The monoisotopic (exact) mass is 252 g/mol. The second-order valence-corrected chi connectivity index (χ2v) is 4.70. The van der Waals surface area contributed by atoms with E-state index in [2.05, 4.69) is 19.9 Å². The number of carbonyl (C=O) groups is 2. The van der Waals surface area contributed by atoms with Crippen LogP contribution in [-0.4, -0.2) is 18.4 Å². The molecule has 0 aliphatic carbocycles. The van der Waals surface area contributed by atoms with Crippen LogP contribution in [-0.2, 0) is 14.3 Å². The summed E-state index contributed by atoms with van der Waals surface area (Å²) in [7, 11) is 0. The fraction of sp³-hybridized carbons (Fsp3) is 0.600. The van der Waals surface area contributed by atoms with Crippen molar-refractivity contribution in [3.05, 3.63) is 23.3 Å². The molecule has 3 nitrogen and oxygen atoms in total. The summed E-state index contributed by atoms with van der Waals surface area (Å²) in [5.41, 5.74) is 2.37. The van der Waals surface area contributed by atoms with Gasteiger partial charge in [-0.2, -0.15) is 0 Å². The van der Waals surface area contributed by atoms with Crippen molar-refractivity contribution in [2.45, 2.75) is 53.4 Å². The van der Waals surface area contributed by atoms with Gasteiger partial charge in [0.25, 0.3) is 0 Å². The average Bonchev–Trinajstić information content (AvgIpc) is 2.24. The summed E-state index contributed by atoms with van der Waals surface area (Å²) in [5.74, 6) is -0.0860. The van der Waals surface area contributed by atoms with Gasteiger partial charge in [0.2, 0.25) is 0 Å². The first kappa shape index (κ1) is 16.6. The molecule has 0 aromatic carbocycles. The summed E-state index contributed by atoms with van der Waals surface area (Å²) in [6, 6.07) is 0. The van der Waals surface area contributed by atoms with Gasteiger partial charge in [0.15, 0.2) is 0 Å². The largest absolute Gasteiger partial charge is 0.461 e. The van der Waals surface area contributed by atoms with E-state index < -0.39 is 0 Å². The smallest absolute Gasteiger partial charge is 0.302 e. The van der Waals surface area contributed by atoms with Gasteiger partial charge in [-0.05, 0) is 45.6 Å². The fourth-order valence-electron chi connectivity index (χ4n) is 1.45. The Morgan fingerprint density at radius 2 is 1.56 bits per heavy atom. The van der Waals surface area contributed by atoms with Crippen LogP contribution in [0, 0.1) is 0 Å². The van der Waals surface area contributed by atoms with Crippen LogP contribution in [0.1, 0.15) is 53.4 Å². The van der Waals surface area contributed by atoms with Crippen molar-refractivity contribution in [2.24, 2.45) is 0 Å². The molecule has 0 aliphatic rings. The first-order chi connectivity index (χ1) is 8.41. The number of Topliss-reactive ketones (excluding diaryl/α,β-unsaturated/α-hetero) is 1. The van der Waals surface area contributed by atoms with Gasteiger partial charge >= 0.3 is 5.97 Å². The number of hydrogen-bond acceptors (Lipinski definition) is 3. The topological polar surface area (TPSA) is 43.4 Å². The highest BCUT2D eigenvalue weighted by atomic mass is 16.5. The lowest BCUT2D eigenvalue weighted by atomic mass is 10.1. The predicted molar refractivity (Wildman–Crippen MR) is 73.3 cm³/mol. The third-order valence-corrected chi connectivity index (χ3v) is 2.41. The zero-order valence-corrected chi connectivity index (χ0v) is 11.9. The van der Waals surface area contributed by atoms with Crippen LogP contribution >= 0.6 is 0 Å². The number of allylic oxidation sites excluding steroid dienone is 3. The number of hydrogen-bond donors (Lipinski definition) is 0. The van der Waals surface area contributed by atoms with E-state index in [0.29, 0.717) is 13.0 Å². The van der Waals surface area contributed by atoms with Crippen LogP contribution in [0.3, 0.4) is 0 Å². The number of carbonyl (C=O) groups excluding carboxylic acids is 2. The van der Waals surface area contributed by atoms with Crippen LogP contribution < -0.4 is 0 Å². The maximum absolute atomic E-state index is 10.9. The molecule has 0 amide bonds. The Hall–Kier alpha value is -1.38. The van der Waals surface area contributed by atoms with Gasteiger partial charge in [0.05, 0.1) is 0 Å². The molecule has 0 spiro atoms. The second-order valence-electron chi connectivity index (χ2n) is 4.70. The summed E-state index contributed by atoms with van der Waals surface area (Å²) in [6.45, 7) is 7.45. The van der Waals surface area contributed by atoms with E-state index in [1.807, 2.05) is 6.08 Å². The lowest BCUT2D eigenvalue weighted by Gasteiger charge is -2.07. The van der Waals surface area contributed by atoms with E-state index in [-0.39, 0.29) is 11.8 Å². The third-order valence-electron chi connectivity index (χ3n) is 2.41. The van der Waals surface area contributed by atoms with Crippen LogP contribution in [0.5, 0.6) is 0 Å². The average molecular weight is 252 g/mol. The molecule has 0 aromatic heterocycles. The van der Waals surface area contributed by atoms with Crippen LogP contribution in [0.15, 0.2) is 23.3 Å². The molecule has 0 aromatic rings. The summed E-state index contributed by atoms with van der Waals surface area (Å²) in [5, 5.41) is 0. The standard InChI is InChI=1S/C15H24O3/c1-12(2)7-5-9-15(11-18-14(4)17)10-6-8-13(3)16/h7,10H,5-6,8-9,11H2,1-4H3/b15-10-. The first-order valence-electron chi connectivity index (χ1n) is 6.36. The minimum Gasteiger partial charge on any atom is -0.461 e. The summed E-state index contributed by atoms with van der Waals surface area (Å²) in [6.07, 6.45) is 7.26. The molecule has 0 fully saturated rings. The van der Waals surface area contributed by atoms with E-state index in [1.165, 1.54) is 12.5 Å². The SMILES string of the molecule is CC(=O)CC/C=C(/CCC=C(C)C)COC(C)=O. The highest BCUT2D eigenvalue weighted by Crippen LogP contribution is 2.10. The molecule has 0 aliphatic heterocycles. The molecule has 0 radical (unpaired) electrons. The molecule has 102 valence electrons. The Morgan fingerprint density at radius 1 is 0.944 bits per heavy atom. The zero-order chi connectivity index (χ0) is 14.0. The van der Waals surface area contributed by atoms with E-state index in [4.69, 9.17) is 4.74 Å². The maximum atomic E-state index is 10.9. The molecule has 0 saturated carbocycles. The third kappa shape index (κ3) is 11.1. The fourth-order valence-corrected chi connectivity index (χ4v) is 1.45. The summed E-state index contributed by atoms with van der Waals surface area (Å²) < 4.78 is 5.01. The van der Waals surface area contributed by atoms with Gasteiger partial charge < -0.3 is 9.53 Å². The molecular formula is C15H24O3. The highest BCUT2D eigenvalue weighted by Gasteiger charge is 2.01. The van der Waals surface area contributed by atoms with Crippen molar-refractivity contribution in [2.75, 3.05) is 6.61 Å². The Morgan fingerprint density at radius 3 is 2.06 bits per heavy atom. The molecule has 0 unspecified atom stereocenters. The molecule has 18 heavy (non-hydrogen) atoms. The second kappa shape index (κ2) is 9.63. The Labute approximate surface area is 110 Å².